The summed E-state index contributed by atoms with van der Waals surface area (Å²) in [6.45, 7) is 7.38. The second-order valence-electron chi connectivity index (χ2n) is 14.0. The molecule has 6 fully saturated rings. The molecule has 2 heteroatoms. The highest BCUT2D eigenvalue weighted by atomic mass is 16.5. The van der Waals surface area contributed by atoms with Crippen molar-refractivity contribution in [3.63, 3.8) is 0 Å². The van der Waals surface area contributed by atoms with Crippen LogP contribution in [0.3, 0.4) is 0 Å². The van der Waals surface area contributed by atoms with Crippen molar-refractivity contribution in [2.24, 2.45) is 40.4 Å². The maximum Gasteiger partial charge on any atom is 0.166 e. The zero-order valence-electron chi connectivity index (χ0n) is 23.5. The summed E-state index contributed by atoms with van der Waals surface area (Å²) in [5.41, 5.74) is 3.58. The van der Waals surface area contributed by atoms with Gasteiger partial charge in [0.15, 0.2) is 5.78 Å². The van der Waals surface area contributed by atoms with Gasteiger partial charge in [0.05, 0.1) is 6.10 Å². The molecule has 0 amide bonds. The first-order valence-corrected chi connectivity index (χ1v) is 15.4. The van der Waals surface area contributed by atoms with Crippen LogP contribution in [-0.2, 0) is 9.53 Å². The molecular weight excluding hydrogens is 464 g/mol. The molecule has 0 aromatic heterocycles. The molecule has 2 aliphatic heterocycles. The normalized spacial score (nSPS) is 41.8. The van der Waals surface area contributed by atoms with Crippen LogP contribution in [0.2, 0.25) is 0 Å². The zero-order valence-corrected chi connectivity index (χ0v) is 23.5. The first-order valence-electron chi connectivity index (χ1n) is 15.4. The molecule has 38 heavy (non-hydrogen) atoms. The molecule has 2 aromatic rings. The summed E-state index contributed by atoms with van der Waals surface area (Å²) in [5.74, 6) is 3.34. The Morgan fingerprint density at radius 2 is 1.58 bits per heavy atom. The van der Waals surface area contributed by atoms with Gasteiger partial charge in [-0.1, -0.05) is 87.5 Å². The predicted octanol–water partition coefficient (Wildman–Crippen LogP) is 8.50. The van der Waals surface area contributed by atoms with E-state index in [2.05, 4.69) is 87.5 Å². The zero-order chi connectivity index (χ0) is 26.1. The molecule has 8 rings (SSSR count). The third-order valence-corrected chi connectivity index (χ3v) is 12.5. The van der Waals surface area contributed by atoms with Crippen LogP contribution in [0.1, 0.15) is 89.7 Å². The lowest BCUT2D eigenvalue weighted by molar-refractivity contribution is -0.307. The number of allylic oxidation sites excluding steroid dienone is 1. The van der Waals surface area contributed by atoms with Crippen molar-refractivity contribution in [3.05, 3.63) is 77.9 Å². The molecule has 200 valence electrons. The van der Waals surface area contributed by atoms with E-state index in [9.17, 15) is 4.79 Å². The Morgan fingerprint density at radius 3 is 2.26 bits per heavy atom. The third-order valence-electron chi connectivity index (χ3n) is 12.5. The summed E-state index contributed by atoms with van der Waals surface area (Å²) in [6, 6.07) is 21.6. The Bertz CT molecular complexity index is 1190. The minimum Gasteiger partial charge on any atom is -0.363 e. The van der Waals surface area contributed by atoms with Crippen LogP contribution in [0.25, 0.3) is 5.57 Å². The fraction of sp³-hybridized carbons (Fsp3) is 0.583. The monoisotopic (exact) mass is 508 g/mol. The Kier molecular flexibility index (Phi) is 5.82. The first-order chi connectivity index (χ1) is 18.4. The summed E-state index contributed by atoms with van der Waals surface area (Å²) in [6.07, 6.45) is 13.2. The number of hydrogen-bond acceptors (Lipinski definition) is 2. The first kappa shape index (κ1) is 24.8. The molecule has 4 saturated carbocycles. The highest BCUT2D eigenvalue weighted by Crippen LogP contribution is 2.72. The average Bonchev–Trinajstić information content (AvgIpc) is 3.26. The molecule has 2 heterocycles. The van der Waals surface area contributed by atoms with Crippen molar-refractivity contribution in [2.45, 2.75) is 90.3 Å². The van der Waals surface area contributed by atoms with Crippen LogP contribution >= 0.6 is 0 Å². The van der Waals surface area contributed by atoms with E-state index >= 15 is 0 Å². The van der Waals surface area contributed by atoms with Gasteiger partial charge < -0.3 is 4.74 Å². The SMILES string of the molecule is C[C@H](CC=C(c1ccccc1)c1ccccc1)[C@H]1CC[C@H]2[C@@H]3CC[C@@H]4C[C@H]5CC[C@]4(C)[C@@]3(O5)C(=O)C[C@]12C. The number of fused-ring (bicyclic) bond motifs is 3. The van der Waals surface area contributed by atoms with Gasteiger partial charge in [-0.05, 0) is 103 Å². The highest BCUT2D eigenvalue weighted by molar-refractivity contribution is 5.91. The van der Waals surface area contributed by atoms with E-state index in [1.54, 1.807) is 0 Å². The van der Waals surface area contributed by atoms with Gasteiger partial charge in [0.2, 0.25) is 0 Å². The van der Waals surface area contributed by atoms with Crippen LogP contribution in [-0.4, -0.2) is 17.5 Å². The minimum atomic E-state index is -0.479. The van der Waals surface area contributed by atoms with E-state index in [-0.39, 0.29) is 10.8 Å². The number of ether oxygens (including phenoxy) is 1. The maximum absolute atomic E-state index is 14.4. The summed E-state index contributed by atoms with van der Waals surface area (Å²) in [7, 11) is 0. The molecule has 4 aliphatic carbocycles. The van der Waals surface area contributed by atoms with Gasteiger partial charge in [0, 0.05) is 11.8 Å². The lowest BCUT2D eigenvalue weighted by atomic mass is 9.40. The number of carbonyl (C=O) groups excluding carboxylic acids is 1. The highest BCUT2D eigenvalue weighted by Gasteiger charge is 2.74. The van der Waals surface area contributed by atoms with Crippen LogP contribution in [0.4, 0.5) is 0 Å². The van der Waals surface area contributed by atoms with Gasteiger partial charge in [-0.2, -0.15) is 0 Å². The van der Waals surface area contributed by atoms with Gasteiger partial charge in [0.1, 0.15) is 5.60 Å². The van der Waals surface area contributed by atoms with Gasteiger partial charge in [-0.25, -0.2) is 0 Å². The van der Waals surface area contributed by atoms with Gasteiger partial charge in [-0.3, -0.25) is 4.79 Å². The van der Waals surface area contributed by atoms with E-state index in [1.807, 2.05) is 0 Å². The van der Waals surface area contributed by atoms with Crippen molar-refractivity contribution < 1.29 is 9.53 Å². The number of benzene rings is 2. The van der Waals surface area contributed by atoms with Crippen molar-refractivity contribution in [3.8, 4) is 0 Å². The summed E-state index contributed by atoms with van der Waals surface area (Å²) < 4.78 is 6.93. The number of carbonyl (C=O) groups is 1. The minimum absolute atomic E-state index is 0.0653. The topological polar surface area (TPSA) is 26.3 Å². The smallest absolute Gasteiger partial charge is 0.166 e. The van der Waals surface area contributed by atoms with Crippen LogP contribution in [0, 0.1) is 40.4 Å². The molecule has 0 unspecified atom stereocenters. The molecule has 2 saturated heterocycles. The van der Waals surface area contributed by atoms with Crippen molar-refractivity contribution >= 4 is 11.4 Å². The molecule has 4 bridgehead atoms. The summed E-state index contributed by atoms with van der Waals surface area (Å²) in [5, 5.41) is 0. The quantitative estimate of drug-likeness (QED) is 0.405. The fourth-order valence-electron chi connectivity index (χ4n) is 10.7. The standard InChI is InChI=1S/C36H44O2/c1-24(14-16-29(25-10-6-4-7-11-25)26-12-8-5-9-13-26)30-18-19-31-32-17-15-27-22-28-20-21-35(27,3)36(32,38-28)33(37)23-34(30,31)2/h4-13,16,24,27-28,30-32H,14-15,17-23H2,1-3H3/t24-,27-,28-,30-,31+,32+,34-,35+,36+/m1/s1. The summed E-state index contributed by atoms with van der Waals surface area (Å²) in [4.78, 5) is 14.4. The lowest BCUT2D eigenvalue weighted by Gasteiger charge is -2.70. The molecule has 2 aromatic carbocycles. The Balaban J connectivity index is 1.17. The predicted molar refractivity (Wildman–Crippen MR) is 153 cm³/mol. The largest absolute Gasteiger partial charge is 0.363 e. The van der Waals surface area contributed by atoms with E-state index in [0.717, 1.165) is 19.3 Å². The molecule has 2 nitrogen and oxygen atoms in total. The average molecular weight is 509 g/mol. The van der Waals surface area contributed by atoms with Crippen molar-refractivity contribution in [1.82, 2.24) is 0 Å². The van der Waals surface area contributed by atoms with Gasteiger partial charge in [-0.15, -0.1) is 0 Å². The third kappa shape index (κ3) is 3.38. The van der Waals surface area contributed by atoms with Crippen molar-refractivity contribution in [1.29, 1.82) is 0 Å². The van der Waals surface area contributed by atoms with Crippen molar-refractivity contribution in [2.75, 3.05) is 0 Å². The van der Waals surface area contributed by atoms with E-state index in [0.29, 0.717) is 41.5 Å². The van der Waals surface area contributed by atoms with E-state index in [1.165, 1.54) is 55.2 Å². The van der Waals surface area contributed by atoms with E-state index < -0.39 is 5.60 Å². The number of rotatable bonds is 5. The van der Waals surface area contributed by atoms with Gasteiger partial charge in [0.25, 0.3) is 0 Å². The molecule has 6 aliphatic rings. The van der Waals surface area contributed by atoms with Crippen LogP contribution in [0.5, 0.6) is 0 Å². The van der Waals surface area contributed by atoms with Gasteiger partial charge >= 0.3 is 0 Å². The Labute approximate surface area is 229 Å². The van der Waals surface area contributed by atoms with Crippen LogP contribution < -0.4 is 0 Å². The van der Waals surface area contributed by atoms with Crippen LogP contribution in [0.15, 0.2) is 66.7 Å². The van der Waals surface area contributed by atoms with E-state index in [4.69, 9.17) is 4.74 Å². The molecular formula is C36H44O2. The summed E-state index contributed by atoms with van der Waals surface area (Å²) >= 11 is 0. The fourth-order valence-corrected chi connectivity index (χ4v) is 10.7. The number of Topliss-reactive ketones (excluding diaryl/α,β-unsaturated/α-hetero) is 1. The molecule has 0 N–H and O–H groups in total. The second-order valence-corrected chi connectivity index (χ2v) is 14.0. The number of ketones is 1. The second kappa shape index (κ2) is 8.91. The Morgan fingerprint density at radius 1 is 0.921 bits per heavy atom. The molecule has 9 atom stereocenters. The molecule has 0 radical (unpaired) electrons. The molecule has 1 spiro atoms. The number of hydrogen-bond donors (Lipinski definition) is 0. The maximum atomic E-state index is 14.4. The Hall–Kier alpha value is -2.19. The lowest BCUT2D eigenvalue weighted by Crippen LogP contribution is -2.75.